The molecule has 5 nitrogen and oxygen atoms in total. The van der Waals surface area contributed by atoms with Crippen LogP contribution in [0.3, 0.4) is 0 Å². The fourth-order valence-electron chi connectivity index (χ4n) is 0.965. The highest BCUT2D eigenvalue weighted by Gasteiger charge is 2.05. The summed E-state index contributed by atoms with van der Waals surface area (Å²) in [5, 5.41) is 10.6. The maximum Gasteiger partial charge on any atom is 0.197 e. The van der Waals surface area contributed by atoms with Gasteiger partial charge in [0.15, 0.2) is 11.9 Å². The topological polar surface area (TPSA) is 77.5 Å². The first kappa shape index (κ1) is 12.7. The third-order valence-corrected chi connectivity index (χ3v) is 1.98. The number of rotatable bonds is 4. The minimum atomic E-state index is 0.296. The quantitative estimate of drug-likeness (QED) is 0.352. The first-order valence-corrected chi connectivity index (χ1v) is 4.91. The van der Waals surface area contributed by atoms with Gasteiger partial charge in [-0.15, -0.1) is 0 Å². The molecule has 0 aromatic carbocycles. The molecule has 0 rings (SSSR count). The number of hydrogen-bond acceptors (Lipinski definition) is 2. The van der Waals surface area contributed by atoms with Crippen LogP contribution in [0.1, 0.15) is 26.2 Å². The Kier molecular flexibility index (Phi) is 6.53. The first-order valence-electron chi connectivity index (χ1n) is 4.91. The molecule has 0 amide bonds. The van der Waals surface area contributed by atoms with Gasteiger partial charge in [0.1, 0.15) is 0 Å². The van der Waals surface area contributed by atoms with E-state index in [0.717, 1.165) is 13.0 Å². The average molecular weight is 199 g/mol. The van der Waals surface area contributed by atoms with Crippen molar-refractivity contribution < 1.29 is 0 Å². The van der Waals surface area contributed by atoms with E-state index in [1.165, 1.54) is 17.7 Å². The maximum absolute atomic E-state index is 7.62. The SMILES string of the molecule is CCCCCNC(=N)N(C)/C(N)=N\C. The third-order valence-electron chi connectivity index (χ3n) is 1.98. The van der Waals surface area contributed by atoms with Crippen LogP contribution >= 0.6 is 0 Å². The Hall–Kier alpha value is -1.26. The van der Waals surface area contributed by atoms with Crippen molar-refractivity contribution in [1.29, 1.82) is 5.41 Å². The molecule has 0 aliphatic carbocycles. The van der Waals surface area contributed by atoms with Gasteiger partial charge in [-0.2, -0.15) is 0 Å². The highest BCUT2D eigenvalue weighted by molar-refractivity contribution is 5.96. The van der Waals surface area contributed by atoms with Gasteiger partial charge in [0.05, 0.1) is 0 Å². The second-order valence-corrected chi connectivity index (χ2v) is 3.12. The number of nitrogens with one attached hydrogen (secondary N) is 2. The molecule has 0 aliphatic rings. The van der Waals surface area contributed by atoms with E-state index in [1.54, 1.807) is 14.1 Å². The van der Waals surface area contributed by atoms with E-state index in [2.05, 4.69) is 17.2 Å². The summed E-state index contributed by atoms with van der Waals surface area (Å²) in [6, 6.07) is 0. The molecule has 0 saturated carbocycles. The van der Waals surface area contributed by atoms with Crippen molar-refractivity contribution in [2.75, 3.05) is 20.6 Å². The van der Waals surface area contributed by atoms with Crippen molar-refractivity contribution in [2.24, 2.45) is 10.7 Å². The lowest BCUT2D eigenvalue weighted by atomic mass is 10.2. The zero-order chi connectivity index (χ0) is 11.0. The van der Waals surface area contributed by atoms with Crippen LogP contribution in [0, 0.1) is 5.41 Å². The molecule has 82 valence electrons. The molecule has 0 saturated heterocycles. The number of hydrogen-bond donors (Lipinski definition) is 3. The van der Waals surface area contributed by atoms with E-state index in [-0.39, 0.29) is 0 Å². The van der Waals surface area contributed by atoms with Gasteiger partial charge in [-0.25, -0.2) is 0 Å². The fourth-order valence-corrected chi connectivity index (χ4v) is 0.965. The van der Waals surface area contributed by atoms with E-state index < -0.39 is 0 Å². The lowest BCUT2D eigenvalue weighted by molar-refractivity contribution is 0.637. The van der Waals surface area contributed by atoms with Crippen molar-refractivity contribution in [1.82, 2.24) is 10.2 Å². The third kappa shape index (κ3) is 4.69. The number of guanidine groups is 2. The van der Waals surface area contributed by atoms with Gasteiger partial charge in [-0.1, -0.05) is 19.8 Å². The molecule has 0 radical (unpaired) electrons. The Balaban J connectivity index is 3.74. The normalized spacial score (nSPS) is 11.2. The summed E-state index contributed by atoms with van der Waals surface area (Å²) in [7, 11) is 3.33. The van der Waals surface area contributed by atoms with Crippen molar-refractivity contribution in [3.63, 3.8) is 0 Å². The first-order chi connectivity index (χ1) is 6.63. The molecule has 0 spiro atoms. The van der Waals surface area contributed by atoms with E-state index in [4.69, 9.17) is 11.1 Å². The van der Waals surface area contributed by atoms with E-state index in [9.17, 15) is 0 Å². The van der Waals surface area contributed by atoms with E-state index >= 15 is 0 Å². The highest BCUT2D eigenvalue weighted by atomic mass is 15.3. The molecule has 0 bridgehead atoms. The molecule has 14 heavy (non-hydrogen) atoms. The standard InChI is InChI=1S/C9H21N5/c1-4-5-6-7-13-9(11)14(3)8(10)12-2/h4-7H2,1-3H3,(H2,10,12)(H2,11,13). The minimum Gasteiger partial charge on any atom is -0.369 e. The second-order valence-electron chi connectivity index (χ2n) is 3.12. The molecule has 4 N–H and O–H groups in total. The zero-order valence-corrected chi connectivity index (χ0v) is 9.30. The molecule has 0 aromatic heterocycles. The molecule has 0 heterocycles. The van der Waals surface area contributed by atoms with E-state index in [1.807, 2.05) is 0 Å². The Bertz CT molecular complexity index is 199. The van der Waals surface area contributed by atoms with Crippen LogP contribution in [-0.2, 0) is 0 Å². The second kappa shape index (κ2) is 7.17. The molecule has 5 heteroatoms. The van der Waals surface area contributed by atoms with Crippen LogP contribution in [0.15, 0.2) is 4.99 Å². The Labute approximate surface area is 85.9 Å². The average Bonchev–Trinajstić information content (AvgIpc) is 2.21. The molecular weight excluding hydrogens is 178 g/mol. The number of aliphatic imine (C=N–C) groups is 1. The Morgan fingerprint density at radius 1 is 1.50 bits per heavy atom. The van der Waals surface area contributed by atoms with Crippen LogP contribution in [-0.4, -0.2) is 37.5 Å². The minimum absolute atomic E-state index is 0.296. The van der Waals surface area contributed by atoms with Gasteiger partial charge in [0, 0.05) is 20.6 Å². The molecule has 0 unspecified atom stereocenters. The smallest absolute Gasteiger partial charge is 0.197 e. The monoisotopic (exact) mass is 199 g/mol. The van der Waals surface area contributed by atoms with E-state index in [0.29, 0.717) is 11.9 Å². The van der Waals surface area contributed by atoms with Gasteiger partial charge >= 0.3 is 0 Å². The predicted molar refractivity (Wildman–Crippen MR) is 60.6 cm³/mol. The predicted octanol–water partition coefficient (Wildman–Crippen LogP) is 0.577. The molecular formula is C9H21N5. The summed E-state index contributed by atoms with van der Waals surface area (Å²) in [5.74, 6) is 0.641. The van der Waals surface area contributed by atoms with Gasteiger partial charge in [0.25, 0.3) is 0 Å². The molecule has 0 atom stereocenters. The van der Waals surface area contributed by atoms with Crippen molar-refractivity contribution in [3.05, 3.63) is 0 Å². The summed E-state index contributed by atoms with van der Waals surface area (Å²) >= 11 is 0. The number of unbranched alkanes of at least 4 members (excludes halogenated alkanes) is 2. The van der Waals surface area contributed by atoms with Crippen molar-refractivity contribution in [3.8, 4) is 0 Å². The highest BCUT2D eigenvalue weighted by Crippen LogP contribution is 1.91. The Morgan fingerprint density at radius 3 is 2.64 bits per heavy atom. The Morgan fingerprint density at radius 2 is 2.14 bits per heavy atom. The fraction of sp³-hybridized carbons (Fsp3) is 0.778. The summed E-state index contributed by atoms with van der Waals surface area (Å²) in [6.45, 7) is 2.97. The molecule has 0 aliphatic heterocycles. The number of nitrogens with two attached hydrogens (primary N) is 1. The van der Waals surface area contributed by atoms with Crippen molar-refractivity contribution in [2.45, 2.75) is 26.2 Å². The molecule has 0 aromatic rings. The molecule has 0 fully saturated rings. The van der Waals surface area contributed by atoms with Crippen molar-refractivity contribution >= 4 is 11.9 Å². The van der Waals surface area contributed by atoms with Crippen LogP contribution < -0.4 is 11.1 Å². The van der Waals surface area contributed by atoms with Gasteiger partial charge in [-0.05, 0) is 6.42 Å². The van der Waals surface area contributed by atoms with Crippen LogP contribution in [0.4, 0.5) is 0 Å². The van der Waals surface area contributed by atoms with Gasteiger partial charge < -0.3 is 11.1 Å². The largest absolute Gasteiger partial charge is 0.369 e. The summed E-state index contributed by atoms with van der Waals surface area (Å²) in [6.07, 6.45) is 3.45. The van der Waals surface area contributed by atoms with Gasteiger partial charge in [0.2, 0.25) is 0 Å². The zero-order valence-electron chi connectivity index (χ0n) is 9.30. The van der Waals surface area contributed by atoms with Crippen LogP contribution in [0.25, 0.3) is 0 Å². The van der Waals surface area contributed by atoms with Gasteiger partial charge in [-0.3, -0.25) is 15.3 Å². The summed E-state index contributed by atoms with van der Waals surface area (Å²) in [5.41, 5.74) is 5.54. The summed E-state index contributed by atoms with van der Waals surface area (Å²) < 4.78 is 0. The lowest BCUT2D eigenvalue weighted by Gasteiger charge is -2.19. The van der Waals surface area contributed by atoms with Crippen LogP contribution in [0.5, 0.6) is 0 Å². The number of nitrogens with zero attached hydrogens (tertiary/aromatic N) is 2. The van der Waals surface area contributed by atoms with Crippen LogP contribution in [0.2, 0.25) is 0 Å². The maximum atomic E-state index is 7.62. The lowest BCUT2D eigenvalue weighted by Crippen LogP contribution is -2.45. The summed E-state index contributed by atoms with van der Waals surface area (Å²) in [4.78, 5) is 5.31.